The maximum atomic E-state index is 8.94. The van der Waals surface area contributed by atoms with E-state index in [1.807, 2.05) is 0 Å². The number of likely N-dealkylation sites (tertiary alicyclic amines) is 1. The van der Waals surface area contributed by atoms with Crippen molar-refractivity contribution in [2.24, 2.45) is 5.41 Å². The first-order valence-electron chi connectivity index (χ1n) is 6.06. The Labute approximate surface area is 93.9 Å². The number of nitrogens with zero attached hydrogens (tertiary/aromatic N) is 1. The Morgan fingerprint density at radius 1 is 1.47 bits per heavy atom. The third-order valence-corrected chi connectivity index (χ3v) is 3.28. The summed E-state index contributed by atoms with van der Waals surface area (Å²) >= 11 is 0. The minimum atomic E-state index is 0.213. The van der Waals surface area contributed by atoms with Crippen LogP contribution in [0, 0.1) is 5.41 Å². The molecule has 0 bridgehead atoms. The summed E-state index contributed by atoms with van der Waals surface area (Å²) in [6.45, 7) is 8.12. The molecular weight excluding hydrogens is 188 g/mol. The van der Waals surface area contributed by atoms with Gasteiger partial charge in [-0.1, -0.05) is 13.8 Å². The number of aliphatic hydroxyl groups excluding tert-OH is 1. The van der Waals surface area contributed by atoms with Gasteiger partial charge in [-0.3, -0.25) is 0 Å². The normalized spacial score (nSPS) is 24.4. The Kier molecular flexibility index (Phi) is 5.03. The highest BCUT2D eigenvalue weighted by molar-refractivity contribution is 4.80. The number of nitrogens with one attached hydrogen (secondary N) is 1. The molecule has 1 aliphatic rings. The van der Waals surface area contributed by atoms with Crippen molar-refractivity contribution < 1.29 is 5.11 Å². The predicted octanol–water partition coefficient (Wildman–Crippen LogP) is 1.08. The molecule has 0 amide bonds. The summed E-state index contributed by atoms with van der Waals surface area (Å²) in [7, 11) is 2.19. The van der Waals surface area contributed by atoms with Crippen molar-refractivity contribution in [3.8, 4) is 0 Å². The molecule has 0 aromatic carbocycles. The highest BCUT2D eigenvalue weighted by atomic mass is 16.3. The molecule has 3 nitrogen and oxygen atoms in total. The molecule has 1 heterocycles. The first-order valence-corrected chi connectivity index (χ1v) is 6.06. The van der Waals surface area contributed by atoms with E-state index >= 15 is 0 Å². The molecule has 1 atom stereocenters. The number of piperidine rings is 1. The molecule has 0 saturated carbocycles. The van der Waals surface area contributed by atoms with Gasteiger partial charge in [-0.05, 0) is 38.3 Å². The lowest BCUT2D eigenvalue weighted by Gasteiger charge is -2.33. The maximum Gasteiger partial charge on any atom is 0.0436 e. The Morgan fingerprint density at radius 3 is 2.80 bits per heavy atom. The molecule has 1 saturated heterocycles. The molecule has 0 aromatic rings. The molecule has 0 radical (unpaired) electrons. The third kappa shape index (κ3) is 4.96. The van der Waals surface area contributed by atoms with Gasteiger partial charge in [0.25, 0.3) is 0 Å². The van der Waals surface area contributed by atoms with Crippen molar-refractivity contribution >= 4 is 0 Å². The van der Waals surface area contributed by atoms with E-state index in [4.69, 9.17) is 5.11 Å². The second kappa shape index (κ2) is 5.83. The Bertz CT molecular complexity index is 182. The molecule has 0 spiro atoms. The number of likely N-dealkylation sites (N-methyl/N-ethyl adjacent to an activating group) is 1. The van der Waals surface area contributed by atoms with Gasteiger partial charge in [0.05, 0.1) is 0 Å². The molecular formula is C12H26N2O. The van der Waals surface area contributed by atoms with Gasteiger partial charge in [0.1, 0.15) is 0 Å². The summed E-state index contributed by atoms with van der Waals surface area (Å²) in [6, 6.07) is 0.640. The highest BCUT2D eigenvalue weighted by Crippen LogP contribution is 2.19. The average Bonchev–Trinajstić information content (AvgIpc) is 2.15. The molecule has 1 aliphatic heterocycles. The largest absolute Gasteiger partial charge is 0.396 e. The third-order valence-electron chi connectivity index (χ3n) is 3.28. The molecule has 1 rings (SSSR count). The monoisotopic (exact) mass is 214 g/mol. The zero-order chi connectivity index (χ0) is 11.3. The van der Waals surface area contributed by atoms with Crippen LogP contribution in [0.15, 0.2) is 0 Å². The molecule has 15 heavy (non-hydrogen) atoms. The second-order valence-corrected chi connectivity index (χ2v) is 5.62. The van der Waals surface area contributed by atoms with Crippen LogP contribution in [0.3, 0.4) is 0 Å². The van der Waals surface area contributed by atoms with Crippen LogP contribution in [0.25, 0.3) is 0 Å². The molecule has 1 unspecified atom stereocenters. The SMILES string of the molecule is CN1CCCC(NCC(C)(C)CCO)C1. The lowest BCUT2D eigenvalue weighted by atomic mass is 9.89. The molecule has 90 valence electrons. The van der Waals surface area contributed by atoms with Crippen LogP contribution >= 0.6 is 0 Å². The Morgan fingerprint density at radius 2 is 2.20 bits per heavy atom. The van der Waals surface area contributed by atoms with Crippen molar-refractivity contribution in [2.75, 3.05) is 33.3 Å². The lowest BCUT2D eigenvalue weighted by molar-refractivity contribution is 0.181. The van der Waals surface area contributed by atoms with Crippen LogP contribution < -0.4 is 5.32 Å². The van der Waals surface area contributed by atoms with E-state index in [2.05, 4.69) is 31.1 Å². The van der Waals surface area contributed by atoms with Gasteiger partial charge >= 0.3 is 0 Å². The van der Waals surface area contributed by atoms with Crippen LogP contribution in [-0.4, -0.2) is 49.3 Å². The topological polar surface area (TPSA) is 35.5 Å². The summed E-state index contributed by atoms with van der Waals surface area (Å²) in [5, 5.41) is 12.6. The van der Waals surface area contributed by atoms with Gasteiger partial charge in [0, 0.05) is 25.7 Å². The fourth-order valence-electron chi connectivity index (χ4n) is 2.14. The van der Waals surface area contributed by atoms with E-state index in [1.54, 1.807) is 0 Å². The fourth-order valence-corrected chi connectivity index (χ4v) is 2.14. The zero-order valence-corrected chi connectivity index (χ0v) is 10.4. The smallest absolute Gasteiger partial charge is 0.0436 e. The summed E-state index contributed by atoms with van der Waals surface area (Å²) < 4.78 is 0. The van der Waals surface area contributed by atoms with Crippen molar-refractivity contribution in [1.29, 1.82) is 0 Å². The van der Waals surface area contributed by atoms with E-state index in [-0.39, 0.29) is 5.41 Å². The number of hydrogen-bond acceptors (Lipinski definition) is 3. The number of rotatable bonds is 5. The van der Waals surface area contributed by atoms with Crippen molar-refractivity contribution in [1.82, 2.24) is 10.2 Å². The van der Waals surface area contributed by atoms with Gasteiger partial charge in [-0.2, -0.15) is 0 Å². The molecule has 1 fully saturated rings. The van der Waals surface area contributed by atoms with Crippen LogP contribution in [0.5, 0.6) is 0 Å². The molecule has 3 heteroatoms. The van der Waals surface area contributed by atoms with E-state index in [9.17, 15) is 0 Å². The molecule has 0 aliphatic carbocycles. The zero-order valence-electron chi connectivity index (χ0n) is 10.4. The fraction of sp³-hybridized carbons (Fsp3) is 1.00. The minimum Gasteiger partial charge on any atom is -0.396 e. The average molecular weight is 214 g/mol. The minimum absolute atomic E-state index is 0.213. The van der Waals surface area contributed by atoms with E-state index in [1.165, 1.54) is 19.4 Å². The van der Waals surface area contributed by atoms with Crippen molar-refractivity contribution in [3.05, 3.63) is 0 Å². The van der Waals surface area contributed by atoms with E-state index in [0.29, 0.717) is 12.6 Å². The van der Waals surface area contributed by atoms with Gasteiger partial charge < -0.3 is 15.3 Å². The lowest BCUT2D eigenvalue weighted by Crippen LogP contribution is -2.46. The quantitative estimate of drug-likeness (QED) is 0.719. The van der Waals surface area contributed by atoms with E-state index in [0.717, 1.165) is 19.5 Å². The van der Waals surface area contributed by atoms with Gasteiger partial charge in [-0.15, -0.1) is 0 Å². The van der Waals surface area contributed by atoms with Crippen LogP contribution in [-0.2, 0) is 0 Å². The maximum absolute atomic E-state index is 8.94. The standard InChI is InChI=1S/C12H26N2O/c1-12(2,6-8-15)10-13-11-5-4-7-14(3)9-11/h11,13,15H,4-10H2,1-3H3. The Balaban J connectivity index is 2.23. The van der Waals surface area contributed by atoms with Crippen LogP contribution in [0.4, 0.5) is 0 Å². The first-order chi connectivity index (χ1) is 7.03. The summed E-state index contributed by atoms with van der Waals surface area (Å²) in [4.78, 5) is 2.39. The summed E-state index contributed by atoms with van der Waals surface area (Å²) in [5.41, 5.74) is 0.213. The van der Waals surface area contributed by atoms with Crippen LogP contribution in [0.1, 0.15) is 33.1 Å². The Hall–Kier alpha value is -0.120. The second-order valence-electron chi connectivity index (χ2n) is 5.62. The molecule has 2 N–H and O–H groups in total. The number of aliphatic hydroxyl groups is 1. The van der Waals surface area contributed by atoms with E-state index < -0.39 is 0 Å². The first kappa shape index (κ1) is 12.9. The van der Waals surface area contributed by atoms with Gasteiger partial charge in [0.2, 0.25) is 0 Å². The summed E-state index contributed by atoms with van der Waals surface area (Å²) in [6.07, 6.45) is 3.47. The number of hydrogen-bond donors (Lipinski definition) is 2. The van der Waals surface area contributed by atoms with Crippen molar-refractivity contribution in [2.45, 2.75) is 39.2 Å². The van der Waals surface area contributed by atoms with Crippen molar-refractivity contribution in [3.63, 3.8) is 0 Å². The highest BCUT2D eigenvalue weighted by Gasteiger charge is 2.21. The van der Waals surface area contributed by atoms with Gasteiger partial charge in [0.15, 0.2) is 0 Å². The van der Waals surface area contributed by atoms with Crippen LogP contribution in [0.2, 0.25) is 0 Å². The summed E-state index contributed by atoms with van der Waals surface area (Å²) in [5.74, 6) is 0. The predicted molar refractivity (Wildman–Crippen MR) is 64.0 cm³/mol. The molecule has 0 aromatic heterocycles. The van der Waals surface area contributed by atoms with Gasteiger partial charge in [-0.25, -0.2) is 0 Å².